The summed E-state index contributed by atoms with van der Waals surface area (Å²) in [7, 11) is 1.62. The Labute approximate surface area is 113 Å². The van der Waals surface area contributed by atoms with E-state index in [1.165, 1.54) is 0 Å². The summed E-state index contributed by atoms with van der Waals surface area (Å²) in [5.74, 6) is 1.91. The summed E-state index contributed by atoms with van der Waals surface area (Å²) >= 11 is 0. The van der Waals surface area contributed by atoms with Gasteiger partial charge in [-0.25, -0.2) is 9.97 Å². The molecule has 1 aliphatic rings. The number of ether oxygens (including phenoxy) is 2. The fourth-order valence-corrected chi connectivity index (χ4v) is 2.49. The van der Waals surface area contributed by atoms with Crippen LogP contribution in [0.1, 0.15) is 26.6 Å². The molecule has 0 aliphatic carbocycles. The standard InChI is InChI=1S/C13H22N4O2/c1-9-6-17(8-13(2,3)19-9)12-5-10(14)15-11(16-12)7-18-4/h5,9H,6-8H2,1-4H3,(H2,14,15,16). The molecule has 0 spiro atoms. The van der Waals surface area contributed by atoms with Crippen LogP contribution in [0.4, 0.5) is 11.6 Å². The van der Waals surface area contributed by atoms with E-state index in [-0.39, 0.29) is 11.7 Å². The zero-order chi connectivity index (χ0) is 14.0. The number of nitrogens with zero attached hydrogens (tertiary/aromatic N) is 3. The minimum atomic E-state index is -0.196. The fraction of sp³-hybridized carbons (Fsp3) is 0.692. The lowest BCUT2D eigenvalue weighted by Crippen LogP contribution is -2.52. The molecule has 1 unspecified atom stereocenters. The minimum absolute atomic E-state index is 0.158. The van der Waals surface area contributed by atoms with Crippen molar-refractivity contribution >= 4 is 11.6 Å². The van der Waals surface area contributed by atoms with E-state index in [9.17, 15) is 0 Å². The van der Waals surface area contributed by atoms with Gasteiger partial charge >= 0.3 is 0 Å². The van der Waals surface area contributed by atoms with E-state index in [1.54, 1.807) is 13.2 Å². The van der Waals surface area contributed by atoms with Crippen LogP contribution in [0, 0.1) is 0 Å². The van der Waals surface area contributed by atoms with Crippen molar-refractivity contribution in [2.45, 2.75) is 39.1 Å². The lowest BCUT2D eigenvalue weighted by Gasteiger charge is -2.42. The van der Waals surface area contributed by atoms with E-state index in [1.807, 2.05) is 0 Å². The van der Waals surface area contributed by atoms with E-state index in [4.69, 9.17) is 15.2 Å². The van der Waals surface area contributed by atoms with Gasteiger partial charge in [0.25, 0.3) is 0 Å². The Kier molecular flexibility index (Phi) is 3.91. The van der Waals surface area contributed by atoms with Crippen molar-refractivity contribution in [1.29, 1.82) is 0 Å². The summed E-state index contributed by atoms with van der Waals surface area (Å²) in [5.41, 5.74) is 5.64. The molecule has 2 rings (SSSR count). The van der Waals surface area contributed by atoms with Gasteiger partial charge in [-0.15, -0.1) is 0 Å². The Morgan fingerprint density at radius 1 is 1.53 bits per heavy atom. The number of nitrogen functional groups attached to an aromatic ring is 1. The molecule has 0 aromatic carbocycles. The number of anilines is 2. The Balaban J connectivity index is 2.25. The summed E-state index contributed by atoms with van der Waals surface area (Å²) in [5, 5.41) is 0. The second-order valence-corrected chi connectivity index (χ2v) is 5.57. The summed E-state index contributed by atoms with van der Waals surface area (Å²) in [6, 6.07) is 1.80. The van der Waals surface area contributed by atoms with Gasteiger partial charge in [0.15, 0.2) is 5.82 Å². The van der Waals surface area contributed by atoms with Gasteiger partial charge < -0.3 is 20.1 Å². The second-order valence-electron chi connectivity index (χ2n) is 5.57. The normalized spacial score (nSPS) is 22.5. The first-order valence-electron chi connectivity index (χ1n) is 6.45. The van der Waals surface area contributed by atoms with E-state index in [0.29, 0.717) is 18.2 Å². The number of nitrogens with two attached hydrogens (primary N) is 1. The van der Waals surface area contributed by atoms with Crippen LogP contribution in [0.25, 0.3) is 0 Å². The van der Waals surface area contributed by atoms with Crippen LogP contribution < -0.4 is 10.6 Å². The van der Waals surface area contributed by atoms with Crippen molar-refractivity contribution < 1.29 is 9.47 Å². The SMILES string of the molecule is COCc1nc(N)cc(N2CC(C)OC(C)(C)C2)n1. The number of hydrogen-bond donors (Lipinski definition) is 1. The van der Waals surface area contributed by atoms with Crippen LogP contribution in [-0.4, -0.2) is 41.9 Å². The van der Waals surface area contributed by atoms with Gasteiger partial charge in [-0.05, 0) is 20.8 Å². The highest BCUT2D eigenvalue weighted by Gasteiger charge is 2.32. The molecular formula is C13H22N4O2. The van der Waals surface area contributed by atoms with Gasteiger partial charge in [-0.2, -0.15) is 0 Å². The molecule has 0 bridgehead atoms. The van der Waals surface area contributed by atoms with Crippen LogP contribution in [0.5, 0.6) is 0 Å². The molecule has 0 radical (unpaired) electrons. The Morgan fingerprint density at radius 3 is 2.89 bits per heavy atom. The minimum Gasteiger partial charge on any atom is -0.384 e. The van der Waals surface area contributed by atoms with Gasteiger partial charge in [0.05, 0.1) is 11.7 Å². The first-order valence-corrected chi connectivity index (χ1v) is 6.45. The van der Waals surface area contributed by atoms with Crippen molar-refractivity contribution in [3.63, 3.8) is 0 Å². The Hall–Kier alpha value is -1.40. The lowest BCUT2D eigenvalue weighted by molar-refractivity contribution is -0.0751. The maximum Gasteiger partial charge on any atom is 0.158 e. The van der Waals surface area contributed by atoms with Crippen LogP contribution >= 0.6 is 0 Å². The molecule has 6 heteroatoms. The quantitative estimate of drug-likeness (QED) is 0.886. The van der Waals surface area contributed by atoms with Crippen LogP contribution in [-0.2, 0) is 16.1 Å². The maximum atomic E-state index is 5.89. The molecule has 1 fully saturated rings. The highest BCUT2D eigenvalue weighted by molar-refractivity contribution is 5.47. The van der Waals surface area contributed by atoms with Crippen LogP contribution in [0.3, 0.4) is 0 Å². The number of morpholine rings is 1. The van der Waals surface area contributed by atoms with Crippen molar-refractivity contribution in [2.24, 2.45) is 0 Å². The van der Waals surface area contributed by atoms with Gasteiger partial charge in [0, 0.05) is 26.3 Å². The monoisotopic (exact) mass is 266 g/mol. The first kappa shape index (κ1) is 14.0. The summed E-state index contributed by atoms with van der Waals surface area (Å²) in [4.78, 5) is 10.8. The third-order valence-corrected chi connectivity index (χ3v) is 2.95. The lowest BCUT2D eigenvalue weighted by atomic mass is 10.1. The number of aromatic nitrogens is 2. The van der Waals surface area contributed by atoms with Gasteiger partial charge in [0.1, 0.15) is 18.2 Å². The van der Waals surface area contributed by atoms with Crippen molar-refractivity contribution in [1.82, 2.24) is 9.97 Å². The molecule has 106 valence electrons. The summed E-state index contributed by atoms with van der Waals surface area (Å²) in [6.45, 7) is 8.16. The van der Waals surface area contributed by atoms with E-state index < -0.39 is 0 Å². The third kappa shape index (κ3) is 3.54. The highest BCUT2D eigenvalue weighted by Crippen LogP contribution is 2.25. The molecule has 1 aliphatic heterocycles. The molecular weight excluding hydrogens is 244 g/mol. The summed E-state index contributed by atoms with van der Waals surface area (Å²) in [6.07, 6.45) is 0.158. The smallest absolute Gasteiger partial charge is 0.158 e. The molecule has 0 saturated carbocycles. The van der Waals surface area contributed by atoms with Crippen LogP contribution in [0.15, 0.2) is 6.07 Å². The van der Waals surface area contributed by atoms with Gasteiger partial charge in [0.2, 0.25) is 0 Å². The van der Waals surface area contributed by atoms with E-state index >= 15 is 0 Å². The molecule has 1 saturated heterocycles. The molecule has 0 amide bonds. The van der Waals surface area contributed by atoms with Gasteiger partial charge in [-0.1, -0.05) is 0 Å². The molecule has 6 nitrogen and oxygen atoms in total. The molecule has 1 aromatic rings. The van der Waals surface area contributed by atoms with E-state index in [0.717, 1.165) is 18.9 Å². The van der Waals surface area contributed by atoms with Crippen molar-refractivity contribution in [2.75, 3.05) is 30.8 Å². The number of hydrogen-bond acceptors (Lipinski definition) is 6. The third-order valence-electron chi connectivity index (χ3n) is 2.95. The molecule has 2 N–H and O–H groups in total. The zero-order valence-corrected chi connectivity index (χ0v) is 12.0. The highest BCUT2D eigenvalue weighted by atomic mass is 16.5. The Morgan fingerprint density at radius 2 is 2.26 bits per heavy atom. The first-order chi connectivity index (χ1) is 8.89. The number of rotatable bonds is 3. The van der Waals surface area contributed by atoms with Crippen molar-refractivity contribution in [3.8, 4) is 0 Å². The topological polar surface area (TPSA) is 73.5 Å². The van der Waals surface area contributed by atoms with Crippen LogP contribution in [0.2, 0.25) is 0 Å². The predicted molar refractivity (Wildman–Crippen MR) is 74.0 cm³/mol. The zero-order valence-electron chi connectivity index (χ0n) is 12.0. The molecule has 2 heterocycles. The molecule has 19 heavy (non-hydrogen) atoms. The second kappa shape index (κ2) is 5.30. The average Bonchev–Trinajstić information content (AvgIpc) is 2.25. The largest absolute Gasteiger partial charge is 0.384 e. The molecule has 1 atom stereocenters. The maximum absolute atomic E-state index is 5.89. The number of methoxy groups -OCH3 is 1. The summed E-state index contributed by atoms with van der Waals surface area (Å²) < 4.78 is 11.0. The Bertz CT molecular complexity index is 450. The van der Waals surface area contributed by atoms with Crippen molar-refractivity contribution in [3.05, 3.63) is 11.9 Å². The predicted octanol–water partition coefficient (Wildman–Crippen LogP) is 1.21. The van der Waals surface area contributed by atoms with E-state index in [2.05, 4.69) is 35.6 Å². The van der Waals surface area contributed by atoms with Gasteiger partial charge in [-0.3, -0.25) is 0 Å². The molecule has 1 aromatic heterocycles. The fourth-order valence-electron chi connectivity index (χ4n) is 2.49. The average molecular weight is 266 g/mol.